The van der Waals surface area contributed by atoms with Gasteiger partial charge in [-0.05, 0) is 20.3 Å². The molecule has 0 spiro atoms. The lowest BCUT2D eigenvalue weighted by Gasteiger charge is -2.22. The Kier molecular flexibility index (Phi) is 5.64. The second kappa shape index (κ2) is 6.77. The van der Waals surface area contributed by atoms with Crippen molar-refractivity contribution in [1.29, 1.82) is 0 Å². The van der Waals surface area contributed by atoms with E-state index in [2.05, 4.69) is 14.1 Å². The van der Waals surface area contributed by atoms with Crippen LogP contribution in [-0.2, 0) is 11.2 Å². The van der Waals surface area contributed by atoms with Crippen LogP contribution in [0, 0.1) is 0 Å². The summed E-state index contributed by atoms with van der Waals surface area (Å²) < 4.78 is 13.3. The molecule has 1 heterocycles. The second-order valence-electron chi connectivity index (χ2n) is 4.59. The molecule has 6 nitrogen and oxygen atoms in total. The number of ketones is 1. The van der Waals surface area contributed by atoms with Crippen molar-refractivity contribution in [3.63, 3.8) is 0 Å². The van der Waals surface area contributed by atoms with Crippen molar-refractivity contribution < 1.29 is 14.6 Å². The SMILES string of the molecule is CCc1nsnc1OCC(=O)CNC(C)(C)CO. The Hall–Kier alpha value is -1.05. The van der Waals surface area contributed by atoms with Gasteiger partial charge in [0.2, 0.25) is 5.88 Å². The molecule has 2 N–H and O–H groups in total. The third-order valence-electron chi connectivity index (χ3n) is 2.39. The Morgan fingerprint density at radius 2 is 2.22 bits per heavy atom. The first-order valence-electron chi connectivity index (χ1n) is 5.80. The minimum absolute atomic E-state index is 0.0306. The van der Waals surface area contributed by atoms with E-state index in [1.807, 2.05) is 20.8 Å². The Morgan fingerprint density at radius 3 is 2.83 bits per heavy atom. The molecule has 0 saturated heterocycles. The van der Waals surface area contributed by atoms with Gasteiger partial charge in [-0.25, -0.2) is 0 Å². The number of nitrogens with zero attached hydrogens (tertiary/aromatic N) is 2. The van der Waals surface area contributed by atoms with Gasteiger partial charge in [0.25, 0.3) is 0 Å². The van der Waals surface area contributed by atoms with Crippen molar-refractivity contribution in [3.05, 3.63) is 5.69 Å². The molecule has 0 aliphatic heterocycles. The molecule has 0 saturated carbocycles. The summed E-state index contributed by atoms with van der Waals surface area (Å²) in [4.78, 5) is 11.6. The zero-order valence-electron chi connectivity index (χ0n) is 10.9. The number of hydrogen-bond acceptors (Lipinski definition) is 7. The molecule has 0 aliphatic rings. The first-order chi connectivity index (χ1) is 8.48. The topological polar surface area (TPSA) is 84.3 Å². The summed E-state index contributed by atoms with van der Waals surface area (Å²) in [6.07, 6.45) is 0.732. The molecule has 1 aromatic rings. The minimum atomic E-state index is -0.466. The summed E-state index contributed by atoms with van der Waals surface area (Å²) in [5.41, 5.74) is 0.309. The van der Waals surface area contributed by atoms with Gasteiger partial charge in [-0.15, -0.1) is 4.37 Å². The van der Waals surface area contributed by atoms with Crippen LogP contribution >= 0.6 is 11.7 Å². The maximum Gasteiger partial charge on any atom is 0.249 e. The van der Waals surface area contributed by atoms with Crippen LogP contribution in [0.1, 0.15) is 26.5 Å². The molecule has 0 fully saturated rings. The molecule has 18 heavy (non-hydrogen) atoms. The average Bonchev–Trinajstić information content (AvgIpc) is 2.81. The van der Waals surface area contributed by atoms with Gasteiger partial charge in [0.05, 0.1) is 24.9 Å². The largest absolute Gasteiger partial charge is 0.468 e. The number of carbonyl (C=O) groups is 1. The van der Waals surface area contributed by atoms with Crippen LogP contribution < -0.4 is 10.1 Å². The van der Waals surface area contributed by atoms with Gasteiger partial charge in [0, 0.05) is 5.54 Å². The van der Waals surface area contributed by atoms with Crippen molar-refractivity contribution in [2.75, 3.05) is 19.8 Å². The highest BCUT2D eigenvalue weighted by Gasteiger charge is 2.17. The highest BCUT2D eigenvalue weighted by Crippen LogP contribution is 2.15. The second-order valence-corrected chi connectivity index (χ2v) is 5.12. The maximum absolute atomic E-state index is 11.6. The fourth-order valence-corrected chi connectivity index (χ4v) is 1.70. The van der Waals surface area contributed by atoms with E-state index < -0.39 is 5.54 Å². The lowest BCUT2D eigenvalue weighted by atomic mass is 10.1. The van der Waals surface area contributed by atoms with Crippen molar-refractivity contribution in [2.45, 2.75) is 32.7 Å². The Balaban J connectivity index is 2.34. The van der Waals surface area contributed by atoms with E-state index in [0.717, 1.165) is 23.8 Å². The fraction of sp³-hybridized carbons (Fsp3) is 0.727. The van der Waals surface area contributed by atoms with Crippen molar-refractivity contribution in [1.82, 2.24) is 14.1 Å². The molecule has 0 unspecified atom stereocenters. The quantitative estimate of drug-likeness (QED) is 0.713. The Morgan fingerprint density at radius 1 is 1.50 bits per heavy atom. The molecule has 0 amide bonds. The Bertz CT molecular complexity index is 393. The predicted molar refractivity (Wildman–Crippen MR) is 69.0 cm³/mol. The molecule has 1 aromatic heterocycles. The minimum Gasteiger partial charge on any atom is -0.468 e. The van der Waals surface area contributed by atoms with Crippen LogP contribution in [0.25, 0.3) is 0 Å². The normalized spacial score (nSPS) is 11.6. The number of carbonyl (C=O) groups excluding carboxylic acids is 1. The number of aromatic nitrogens is 2. The van der Waals surface area contributed by atoms with Gasteiger partial charge in [0.1, 0.15) is 12.3 Å². The molecule has 0 aromatic carbocycles. The number of aliphatic hydroxyl groups is 1. The van der Waals surface area contributed by atoms with Gasteiger partial charge >= 0.3 is 0 Å². The molecule has 0 aliphatic carbocycles. The number of rotatable bonds is 8. The summed E-state index contributed by atoms with van der Waals surface area (Å²) in [5.74, 6) is 0.351. The highest BCUT2D eigenvalue weighted by molar-refractivity contribution is 6.99. The van der Waals surface area contributed by atoms with Gasteiger partial charge in [0.15, 0.2) is 5.78 Å². The molecule has 1 rings (SSSR count). The van der Waals surface area contributed by atoms with Crippen molar-refractivity contribution >= 4 is 17.5 Å². The first kappa shape index (κ1) is 15.0. The number of hydrogen-bond donors (Lipinski definition) is 2. The lowest BCUT2D eigenvalue weighted by Crippen LogP contribution is -2.45. The van der Waals surface area contributed by atoms with Crippen molar-refractivity contribution in [2.24, 2.45) is 0 Å². The third kappa shape index (κ3) is 4.67. The number of ether oxygens (including phenoxy) is 1. The van der Waals surface area contributed by atoms with Crippen LogP contribution in [0.4, 0.5) is 0 Å². The molecule has 0 radical (unpaired) electrons. The number of aryl methyl sites for hydroxylation is 1. The summed E-state index contributed by atoms with van der Waals surface area (Å²) >= 11 is 1.08. The summed E-state index contributed by atoms with van der Waals surface area (Å²) in [5, 5.41) is 12.0. The summed E-state index contributed by atoms with van der Waals surface area (Å²) in [6.45, 7) is 5.69. The van der Waals surface area contributed by atoms with Crippen molar-refractivity contribution in [3.8, 4) is 5.88 Å². The summed E-state index contributed by atoms with van der Waals surface area (Å²) in [7, 11) is 0. The van der Waals surface area contributed by atoms with Gasteiger partial charge in [-0.2, -0.15) is 4.37 Å². The maximum atomic E-state index is 11.6. The van der Waals surface area contributed by atoms with Crippen LogP contribution in [-0.4, -0.2) is 44.9 Å². The molecule has 7 heteroatoms. The van der Waals surface area contributed by atoms with E-state index in [1.54, 1.807) is 0 Å². The standard InChI is InChI=1S/C11H19N3O3S/c1-4-9-10(14-18-13-9)17-6-8(16)5-12-11(2,3)7-15/h12,15H,4-7H2,1-3H3. The molecular formula is C11H19N3O3S. The van der Waals surface area contributed by atoms with Gasteiger partial charge in [-0.1, -0.05) is 6.92 Å². The van der Waals surface area contributed by atoms with E-state index in [9.17, 15) is 4.79 Å². The monoisotopic (exact) mass is 273 g/mol. The van der Waals surface area contributed by atoms with E-state index in [0.29, 0.717) is 5.88 Å². The van der Waals surface area contributed by atoms with E-state index in [1.165, 1.54) is 0 Å². The third-order valence-corrected chi connectivity index (χ3v) is 2.94. The molecule has 102 valence electrons. The highest BCUT2D eigenvalue weighted by atomic mass is 32.1. The van der Waals surface area contributed by atoms with Crippen LogP contribution in [0.5, 0.6) is 5.88 Å². The van der Waals surface area contributed by atoms with Crippen LogP contribution in [0.15, 0.2) is 0 Å². The number of nitrogens with one attached hydrogen (secondary N) is 1. The van der Waals surface area contributed by atoms with E-state index >= 15 is 0 Å². The Labute approximate surface area is 111 Å². The van der Waals surface area contributed by atoms with E-state index in [4.69, 9.17) is 9.84 Å². The lowest BCUT2D eigenvalue weighted by molar-refractivity contribution is -0.120. The zero-order valence-corrected chi connectivity index (χ0v) is 11.7. The van der Waals surface area contributed by atoms with Crippen LogP contribution in [0.2, 0.25) is 0 Å². The average molecular weight is 273 g/mol. The molecule has 0 bridgehead atoms. The smallest absolute Gasteiger partial charge is 0.249 e. The zero-order chi connectivity index (χ0) is 13.6. The van der Waals surface area contributed by atoms with Gasteiger partial charge in [-0.3, -0.25) is 4.79 Å². The number of aliphatic hydroxyl groups excluding tert-OH is 1. The molecular weight excluding hydrogens is 254 g/mol. The van der Waals surface area contributed by atoms with Crippen LogP contribution in [0.3, 0.4) is 0 Å². The summed E-state index contributed by atoms with van der Waals surface area (Å²) in [6, 6.07) is 0. The van der Waals surface area contributed by atoms with E-state index in [-0.39, 0.29) is 25.5 Å². The molecule has 0 atom stereocenters. The predicted octanol–water partition coefficient (Wildman–Crippen LogP) is 0.409. The fourth-order valence-electron chi connectivity index (χ4n) is 1.12. The van der Waals surface area contributed by atoms with Gasteiger partial charge < -0.3 is 15.2 Å². The first-order valence-corrected chi connectivity index (χ1v) is 6.53. The number of Topliss-reactive ketones (excluding diaryl/α,β-unsaturated/α-hetero) is 1.